The number of rotatable bonds is 5. The number of hydrogen-bond acceptors (Lipinski definition) is 5. The molecule has 1 amide bonds. The average molecular weight is 338 g/mol. The Kier molecular flexibility index (Phi) is 4.96. The molecule has 0 fully saturated rings. The zero-order chi connectivity index (χ0) is 16.9. The fraction of sp³-hybridized carbons (Fsp3) is 0.222. The summed E-state index contributed by atoms with van der Waals surface area (Å²) in [7, 11) is 0. The van der Waals surface area contributed by atoms with Crippen LogP contribution in [0.4, 0.5) is 0 Å². The SMILES string of the molecule is Cc1nc(-c2ccccc2)c(C(=O)NC(C)Cc2cnccn2)s1. The second-order valence-corrected chi connectivity index (χ2v) is 6.76. The summed E-state index contributed by atoms with van der Waals surface area (Å²) in [6.45, 7) is 3.87. The van der Waals surface area contributed by atoms with E-state index >= 15 is 0 Å². The molecule has 0 aliphatic carbocycles. The van der Waals surface area contributed by atoms with Gasteiger partial charge >= 0.3 is 0 Å². The molecular weight excluding hydrogens is 320 g/mol. The van der Waals surface area contributed by atoms with Crippen LogP contribution in [0.15, 0.2) is 48.9 Å². The number of aryl methyl sites for hydroxylation is 1. The number of carbonyl (C=O) groups excluding carboxylic acids is 1. The average Bonchev–Trinajstić information content (AvgIpc) is 2.98. The fourth-order valence-electron chi connectivity index (χ4n) is 2.46. The summed E-state index contributed by atoms with van der Waals surface area (Å²) in [6.07, 6.45) is 5.65. The number of thiazole rings is 1. The molecule has 5 nitrogen and oxygen atoms in total. The third-order valence-corrected chi connectivity index (χ3v) is 4.47. The topological polar surface area (TPSA) is 67.8 Å². The van der Waals surface area contributed by atoms with E-state index in [9.17, 15) is 4.79 Å². The van der Waals surface area contributed by atoms with Crippen molar-refractivity contribution in [3.8, 4) is 11.3 Å². The van der Waals surface area contributed by atoms with Gasteiger partial charge in [-0.2, -0.15) is 0 Å². The Morgan fingerprint density at radius 1 is 1.25 bits per heavy atom. The molecule has 24 heavy (non-hydrogen) atoms. The number of amides is 1. The maximum absolute atomic E-state index is 12.7. The van der Waals surface area contributed by atoms with Crippen LogP contribution in [0.25, 0.3) is 11.3 Å². The molecule has 0 saturated heterocycles. The molecule has 1 unspecified atom stereocenters. The Hall–Kier alpha value is -2.60. The minimum absolute atomic E-state index is 0.0415. The first kappa shape index (κ1) is 16.3. The third kappa shape index (κ3) is 3.83. The summed E-state index contributed by atoms with van der Waals surface area (Å²) >= 11 is 1.41. The molecule has 122 valence electrons. The lowest BCUT2D eigenvalue weighted by Gasteiger charge is -2.13. The van der Waals surface area contributed by atoms with Gasteiger partial charge in [0.05, 0.1) is 16.4 Å². The molecule has 0 aliphatic rings. The van der Waals surface area contributed by atoms with Gasteiger partial charge in [0.2, 0.25) is 0 Å². The van der Waals surface area contributed by atoms with Crippen molar-refractivity contribution in [1.82, 2.24) is 20.3 Å². The van der Waals surface area contributed by atoms with E-state index in [1.807, 2.05) is 44.2 Å². The Bertz CT molecular complexity index is 818. The van der Waals surface area contributed by atoms with E-state index in [0.29, 0.717) is 11.3 Å². The standard InChI is InChI=1S/C18H18N4OS/c1-12(10-15-11-19-8-9-20-15)21-18(23)17-16(22-13(2)24-17)14-6-4-3-5-7-14/h3-9,11-12H,10H2,1-2H3,(H,21,23). The highest BCUT2D eigenvalue weighted by atomic mass is 32.1. The van der Waals surface area contributed by atoms with Crippen LogP contribution in [0.3, 0.4) is 0 Å². The molecule has 1 N–H and O–H groups in total. The smallest absolute Gasteiger partial charge is 0.263 e. The molecule has 2 aromatic heterocycles. The molecule has 0 radical (unpaired) electrons. The van der Waals surface area contributed by atoms with Gasteiger partial charge in [-0.1, -0.05) is 30.3 Å². The van der Waals surface area contributed by atoms with Crippen molar-refractivity contribution in [1.29, 1.82) is 0 Å². The van der Waals surface area contributed by atoms with Crippen LogP contribution in [-0.2, 0) is 6.42 Å². The number of aromatic nitrogens is 3. The van der Waals surface area contributed by atoms with E-state index in [-0.39, 0.29) is 11.9 Å². The van der Waals surface area contributed by atoms with E-state index < -0.39 is 0 Å². The van der Waals surface area contributed by atoms with E-state index in [1.54, 1.807) is 18.6 Å². The lowest BCUT2D eigenvalue weighted by Crippen LogP contribution is -2.34. The number of hydrogen-bond donors (Lipinski definition) is 1. The van der Waals surface area contributed by atoms with Crippen LogP contribution in [-0.4, -0.2) is 26.9 Å². The Balaban J connectivity index is 1.76. The van der Waals surface area contributed by atoms with Crippen LogP contribution < -0.4 is 5.32 Å². The molecule has 1 aromatic carbocycles. The molecule has 0 bridgehead atoms. The van der Waals surface area contributed by atoms with Crippen molar-refractivity contribution >= 4 is 17.2 Å². The minimum Gasteiger partial charge on any atom is -0.348 e. The van der Waals surface area contributed by atoms with E-state index in [1.165, 1.54) is 11.3 Å². The zero-order valence-electron chi connectivity index (χ0n) is 13.6. The van der Waals surface area contributed by atoms with Crippen LogP contribution >= 0.6 is 11.3 Å². The molecular formula is C18H18N4OS. The number of nitrogens with zero attached hydrogens (tertiary/aromatic N) is 3. The van der Waals surface area contributed by atoms with Gasteiger partial charge in [0.15, 0.2) is 0 Å². The minimum atomic E-state index is -0.101. The van der Waals surface area contributed by atoms with Crippen LogP contribution in [0.5, 0.6) is 0 Å². The Morgan fingerprint density at radius 3 is 2.75 bits per heavy atom. The summed E-state index contributed by atoms with van der Waals surface area (Å²) in [6, 6.07) is 9.74. The zero-order valence-corrected chi connectivity index (χ0v) is 14.4. The van der Waals surface area contributed by atoms with E-state index in [2.05, 4.69) is 20.3 Å². The highest BCUT2D eigenvalue weighted by molar-refractivity contribution is 7.14. The first-order valence-corrected chi connectivity index (χ1v) is 8.53. The first-order valence-electron chi connectivity index (χ1n) is 7.72. The number of carbonyl (C=O) groups is 1. The van der Waals surface area contributed by atoms with Gasteiger partial charge in [-0.15, -0.1) is 11.3 Å². The molecule has 3 aromatic rings. The van der Waals surface area contributed by atoms with Crippen LogP contribution in [0, 0.1) is 6.92 Å². The lowest BCUT2D eigenvalue weighted by molar-refractivity contribution is 0.0944. The van der Waals surface area contributed by atoms with E-state index in [4.69, 9.17) is 0 Å². The molecule has 3 rings (SSSR count). The highest BCUT2D eigenvalue weighted by Gasteiger charge is 2.19. The monoisotopic (exact) mass is 338 g/mol. The Labute approximate surface area is 144 Å². The van der Waals surface area contributed by atoms with Gasteiger partial charge in [-0.25, -0.2) is 4.98 Å². The quantitative estimate of drug-likeness (QED) is 0.775. The Morgan fingerprint density at radius 2 is 2.04 bits per heavy atom. The summed E-state index contributed by atoms with van der Waals surface area (Å²) in [5, 5.41) is 3.91. The summed E-state index contributed by atoms with van der Waals surface area (Å²) < 4.78 is 0. The molecule has 0 saturated carbocycles. The van der Waals surface area contributed by atoms with Crippen molar-refractivity contribution in [2.45, 2.75) is 26.3 Å². The van der Waals surface area contributed by atoms with Crippen LogP contribution in [0.1, 0.15) is 27.3 Å². The van der Waals surface area contributed by atoms with Gasteiger partial charge in [0.25, 0.3) is 5.91 Å². The normalized spacial score (nSPS) is 11.9. The van der Waals surface area contributed by atoms with Gasteiger partial charge < -0.3 is 5.32 Å². The van der Waals surface area contributed by atoms with Crippen molar-refractivity contribution in [3.05, 3.63) is 64.5 Å². The van der Waals surface area contributed by atoms with Crippen LogP contribution in [0.2, 0.25) is 0 Å². The van der Waals surface area contributed by atoms with Gasteiger partial charge in [-0.3, -0.25) is 14.8 Å². The highest BCUT2D eigenvalue weighted by Crippen LogP contribution is 2.27. The molecule has 0 spiro atoms. The van der Waals surface area contributed by atoms with E-state index in [0.717, 1.165) is 22.0 Å². The largest absolute Gasteiger partial charge is 0.348 e. The molecule has 6 heteroatoms. The van der Waals surface area contributed by atoms with Gasteiger partial charge in [-0.05, 0) is 13.8 Å². The van der Waals surface area contributed by atoms with Gasteiger partial charge in [0, 0.05) is 36.6 Å². The molecule has 2 heterocycles. The predicted molar refractivity (Wildman–Crippen MR) is 95.0 cm³/mol. The van der Waals surface area contributed by atoms with Crippen molar-refractivity contribution in [3.63, 3.8) is 0 Å². The maximum atomic E-state index is 12.7. The maximum Gasteiger partial charge on any atom is 0.263 e. The van der Waals surface area contributed by atoms with Crippen molar-refractivity contribution < 1.29 is 4.79 Å². The third-order valence-electron chi connectivity index (χ3n) is 3.50. The second-order valence-electron chi connectivity index (χ2n) is 5.55. The predicted octanol–water partition coefficient (Wildman–Crippen LogP) is 3.27. The summed E-state index contributed by atoms with van der Waals surface area (Å²) in [5.41, 5.74) is 2.55. The lowest BCUT2D eigenvalue weighted by atomic mass is 10.1. The molecule has 0 aliphatic heterocycles. The van der Waals surface area contributed by atoms with Gasteiger partial charge in [0.1, 0.15) is 4.88 Å². The summed E-state index contributed by atoms with van der Waals surface area (Å²) in [5.74, 6) is -0.101. The number of benzene rings is 1. The second kappa shape index (κ2) is 7.31. The number of nitrogens with one attached hydrogen (secondary N) is 1. The fourth-order valence-corrected chi connectivity index (χ4v) is 3.31. The first-order chi connectivity index (χ1) is 11.6. The van der Waals surface area contributed by atoms with Crippen molar-refractivity contribution in [2.75, 3.05) is 0 Å². The molecule has 1 atom stereocenters. The van der Waals surface area contributed by atoms with Crippen molar-refractivity contribution in [2.24, 2.45) is 0 Å². The summed E-state index contributed by atoms with van der Waals surface area (Å²) in [4.78, 5) is 26.1.